The Bertz CT molecular complexity index is 745. The molecule has 1 saturated heterocycles. The summed E-state index contributed by atoms with van der Waals surface area (Å²) < 4.78 is 15.9. The van der Waals surface area contributed by atoms with Gasteiger partial charge in [0.25, 0.3) is 11.7 Å². The first-order valence-electron chi connectivity index (χ1n) is 8.09. The number of aromatic nitrogens is 1. The lowest BCUT2D eigenvalue weighted by molar-refractivity contribution is -0.363. The molecule has 3 rings (SSSR count). The van der Waals surface area contributed by atoms with Crippen LogP contribution in [0.3, 0.4) is 0 Å². The SMILES string of the molecule is COc1ccc(C(=O)Nc2ccc[nH+]c2N2CCOCC2)cc1OC. The van der Waals surface area contributed by atoms with Gasteiger partial charge in [-0.05, 0) is 30.3 Å². The number of nitrogens with zero attached hydrogens (tertiary/aromatic N) is 1. The number of carbonyl (C=O) groups is 1. The molecule has 0 bridgehead atoms. The van der Waals surface area contributed by atoms with Gasteiger partial charge in [0.05, 0.1) is 33.6 Å². The van der Waals surface area contributed by atoms with Crippen LogP contribution in [-0.4, -0.2) is 46.4 Å². The van der Waals surface area contributed by atoms with Gasteiger partial charge in [0, 0.05) is 5.56 Å². The number of benzene rings is 1. The van der Waals surface area contributed by atoms with E-state index in [1.807, 2.05) is 18.3 Å². The summed E-state index contributed by atoms with van der Waals surface area (Å²) in [6, 6.07) is 8.81. The van der Waals surface area contributed by atoms with Gasteiger partial charge in [0.15, 0.2) is 11.5 Å². The Labute approximate surface area is 146 Å². The first kappa shape index (κ1) is 17.0. The van der Waals surface area contributed by atoms with Crippen LogP contribution in [-0.2, 0) is 4.74 Å². The summed E-state index contributed by atoms with van der Waals surface area (Å²) in [5.74, 6) is 1.76. The highest BCUT2D eigenvalue weighted by Crippen LogP contribution is 2.28. The number of H-pyrrole nitrogens is 1. The fraction of sp³-hybridized carbons (Fsp3) is 0.333. The second-order valence-corrected chi connectivity index (χ2v) is 5.56. The van der Waals surface area contributed by atoms with Gasteiger partial charge in [-0.1, -0.05) is 0 Å². The number of methoxy groups -OCH3 is 2. The molecule has 0 spiro atoms. The molecular weight excluding hydrogens is 322 g/mol. The van der Waals surface area contributed by atoms with Crippen LogP contribution in [0.2, 0.25) is 0 Å². The lowest BCUT2D eigenvalue weighted by Crippen LogP contribution is -2.40. The van der Waals surface area contributed by atoms with Crippen molar-refractivity contribution in [1.82, 2.24) is 0 Å². The van der Waals surface area contributed by atoms with E-state index < -0.39 is 0 Å². The number of hydrogen-bond donors (Lipinski definition) is 1. The second-order valence-electron chi connectivity index (χ2n) is 5.56. The standard InChI is InChI=1S/C18H21N3O4/c1-23-15-6-5-13(12-16(15)24-2)18(22)20-14-4-3-7-19-17(14)21-8-10-25-11-9-21/h3-7,12H,8-11H2,1-2H3,(H,20,22)/p+1. The molecule has 1 aromatic carbocycles. The van der Waals surface area contributed by atoms with E-state index in [4.69, 9.17) is 14.2 Å². The molecule has 7 nitrogen and oxygen atoms in total. The number of nitrogens with one attached hydrogen (secondary N) is 2. The molecule has 1 fully saturated rings. The summed E-state index contributed by atoms with van der Waals surface area (Å²) in [5.41, 5.74) is 1.22. The number of anilines is 2. The average Bonchev–Trinajstić information content (AvgIpc) is 2.68. The summed E-state index contributed by atoms with van der Waals surface area (Å²) in [6.07, 6.45) is 1.84. The lowest BCUT2D eigenvalue weighted by atomic mass is 10.2. The molecule has 0 atom stereocenters. The van der Waals surface area contributed by atoms with Gasteiger partial charge in [-0.2, -0.15) is 0 Å². The van der Waals surface area contributed by atoms with E-state index in [0.29, 0.717) is 30.3 Å². The topological polar surface area (TPSA) is 74.2 Å². The molecule has 2 heterocycles. The third kappa shape index (κ3) is 3.83. The zero-order chi connectivity index (χ0) is 17.6. The van der Waals surface area contributed by atoms with E-state index in [2.05, 4.69) is 15.2 Å². The van der Waals surface area contributed by atoms with Crippen molar-refractivity contribution in [2.75, 3.05) is 50.7 Å². The predicted molar refractivity (Wildman–Crippen MR) is 93.5 cm³/mol. The zero-order valence-corrected chi connectivity index (χ0v) is 14.4. The summed E-state index contributed by atoms with van der Waals surface area (Å²) in [7, 11) is 3.11. The molecule has 0 aliphatic carbocycles. The van der Waals surface area contributed by atoms with Crippen molar-refractivity contribution in [3.8, 4) is 11.5 Å². The Kier molecular flexibility index (Phi) is 5.35. The number of aromatic amines is 1. The van der Waals surface area contributed by atoms with Crippen molar-refractivity contribution >= 4 is 17.4 Å². The van der Waals surface area contributed by atoms with Crippen LogP contribution >= 0.6 is 0 Å². The molecule has 0 saturated carbocycles. The highest BCUT2D eigenvalue weighted by molar-refractivity contribution is 6.05. The van der Waals surface area contributed by atoms with E-state index in [1.54, 1.807) is 32.4 Å². The first-order chi connectivity index (χ1) is 12.2. The molecule has 2 aromatic rings. The first-order valence-corrected chi connectivity index (χ1v) is 8.09. The quantitative estimate of drug-likeness (QED) is 0.892. The maximum Gasteiger partial charge on any atom is 0.298 e. The number of morpholine rings is 1. The molecule has 0 unspecified atom stereocenters. The van der Waals surface area contributed by atoms with Crippen LogP contribution in [0.15, 0.2) is 36.5 Å². The van der Waals surface area contributed by atoms with Crippen LogP contribution < -0.4 is 24.7 Å². The maximum absolute atomic E-state index is 12.7. The Balaban J connectivity index is 1.81. The smallest absolute Gasteiger partial charge is 0.298 e. The Hall–Kier alpha value is -2.80. The van der Waals surface area contributed by atoms with Crippen LogP contribution in [0.1, 0.15) is 10.4 Å². The molecular formula is C18H22N3O4+. The molecule has 2 N–H and O–H groups in total. The van der Waals surface area contributed by atoms with E-state index in [1.165, 1.54) is 0 Å². The van der Waals surface area contributed by atoms with E-state index in [-0.39, 0.29) is 5.91 Å². The van der Waals surface area contributed by atoms with Crippen LogP contribution in [0.25, 0.3) is 0 Å². The van der Waals surface area contributed by atoms with Crippen molar-refractivity contribution in [2.45, 2.75) is 0 Å². The third-order valence-corrected chi connectivity index (χ3v) is 4.06. The van der Waals surface area contributed by atoms with Crippen molar-refractivity contribution in [3.05, 3.63) is 42.1 Å². The average molecular weight is 344 g/mol. The number of carbonyl (C=O) groups excluding carboxylic acids is 1. The van der Waals surface area contributed by atoms with Gasteiger partial charge in [0.2, 0.25) is 0 Å². The van der Waals surface area contributed by atoms with Gasteiger partial charge in [-0.3, -0.25) is 9.69 Å². The molecule has 1 aromatic heterocycles. The number of amides is 1. The lowest BCUT2D eigenvalue weighted by Gasteiger charge is -2.22. The normalized spacial score (nSPS) is 14.1. The third-order valence-electron chi connectivity index (χ3n) is 4.06. The number of hydrogen-bond acceptors (Lipinski definition) is 5. The van der Waals surface area contributed by atoms with Crippen molar-refractivity contribution in [1.29, 1.82) is 0 Å². The fourth-order valence-corrected chi connectivity index (χ4v) is 2.75. The van der Waals surface area contributed by atoms with E-state index in [9.17, 15) is 4.79 Å². The molecule has 0 radical (unpaired) electrons. The number of rotatable bonds is 5. The van der Waals surface area contributed by atoms with Crippen LogP contribution in [0.5, 0.6) is 11.5 Å². The van der Waals surface area contributed by atoms with Gasteiger partial charge in [-0.25, -0.2) is 4.98 Å². The molecule has 25 heavy (non-hydrogen) atoms. The van der Waals surface area contributed by atoms with Crippen LogP contribution in [0.4, 0.5) is 11.5 Å². The van der Waals surface area contributed by atoms with E-state index >= 15 is 0 Å². The zero-order valence-electron chi connectivity index (χ0n) is 14.4. The Morgan fingerprint density at radius 1 is 1.16 bits per heavy atom. The highest BCUT2D eigenvalue weighted by Gasteiger charge is 2.24. The summed E-state index contributed by atoms with van der Waals surface area (Å²) in [4.78, 5) is 18.0. The summed E-state index contributed by atoms with van der Waals surface area (Å²) >= 11 is 0. The number of pyridine rings is 1. The fourth-order valence-electron chi connectivity index (χ4n) is 2.75. The van der Waals surface area contributed by atoms with Crippen molar-refractivity contribution in [3.63, 3.8) is 0 Å². The minimum absolute atomic E-state index is 0.213. The monoisotopic (exact) mass is 344 g/mol. The maximum atomic E-state index is 12.7. The van der Waals surface area contributed by atoms with Gasteiger partial charge in [-0.15, -0.1) is 0 Å². The summed E-state index contributed by atoms with van der Waals surface area (Å²) in [5, 5.41) is 2.96. The Morgan fingerprint density at radius 2 is 1.92 bits per heavy atom. The van der Waals surface area contributed by atoms with Crippen LogP contribution in [0, 0.1) is 0 Å². The van der Waals surface area contributed by atoms with Gasteiger partial charge < -0.3 is 19.5 Å². The predicted octanol–water partition coefficient (Wildman–Crippen LogP) is 1.61. The molecule has 1 amide bonds. The minimum Gasteiger partial charge on any atom is -0.493 e. The van der Waals surface area contributed by atoms with Crippen molar-refractivity contribution in [2.24, 2.45) is 0 Å². The summed E-state index contributed by atoms with van der Waals surface area (Å²) in [6.45, 7) is 2.90. The molecule has 132 valence electrons. The molecule has 1 aliphatic heterocycles. The van der Waals surface area contributed by atoms with E-state index in [0.717, 1.165) is 24.6 Å². The van der Waals surface area contributed by atoms with Gasteiger partial charge >= 0.3 is 0 Å². The van der Waals surface area contributed by atoms with Gasteiger partial charge in [0.1, 0.15) is 18.8 Å². The Morgan fingerprint density at radius 3 is 2.64 bits per heavy atom. The largest absolute Gasteiger partial charge is 0.493 e. The minimum atomic E-state index is -0.213. The van der Waals surface area contributed by atoms with Crippen molar-refractivity contribution < 1.29 is 24.0 Å². The number of ether oxygens (including phenoxy) is 3. The highest BCUT2D eigenvalue weighted by atomic mass is 16.5. The molecule has 7 heteroatoms. The molecule has 1 aliphatic rings. The second kappa shape index (κ2) is 7.85.